The number of rotatable bonds is 5. The summed E-state index contributed by atoms with van der Waals surface area (Å²) in [4.78, 5) is 43.8. The van der Waals surface area contributed by atoms with Gasteiger partial charge in [0.1, 0.15) is 5.58 Å². The summed E-state index contributed by atoms with van der Waals surface area (Å²) in [6, 6.07) is 6.20. The molecule has 4 rings (SSSR count). The maximum Gasteiger partial charge on any atom is 0.530 e. The van der Waals surface area contributed by atoms with E-state index in [1.165, 1.54) is 36.7 Å². The molecule has 35 heavy (non-hydrogen) atoms. The summed E-state index contributed by atoms with van der Waals surface area (Å²) < 4.78 is 36.1. The van der Waals surface area contributed by atoms with E-state index in [2.05, 4.69) is 19.9 Å². The Labute approximate surface area is 203 Å². The van der Waals surface area contributed by atoms with Crippen LogP contribution in [0.3, 0.4) is 0 Å². The average Bonchev–Trinajstić information content (AvgIpc) is 3.19. The molecule has 4 aromatic rings. The lowest BCUT2D eigenvalue weighted by molar-refractivity contribution is -0.0493. The number of carbonyl (C=O) groups excluding carboxylic acids is 2. The molecule has 14 heteroatoms. The van der Waals surface area contributed by atoms with Crippen LogP contribution in [0, 0.1) is 0 Å². The number of hydrogen-bond donors (Lipinski definition) is 3. The summed E-state index contributed by atoms with van der Waals surface area (Å²) in [5.41, 5.74) is 1.58. The number of hydrogen-bond acceptors (Lipinski definition) is 7. The molecule has 0 radical (unpaired) electrons. The van der Waals surface area contributed by atoms with Gasteiger partial charge in [-0.05, 0) is 30.3 Å². The number of ether oxygens (including phenoxy) is 1. The van der Waals surface area contributed by atoms with Gasteiger partial charge in [-0.3, -0.25) is 14.6 Å². The van der Waals surface area contributed by atoms with Gasteiger partial charge in [0.15, 0.2) is 11.3 Å². The number of amides is 2. The topological polar surface area (TPSA) is 140 Å². The van der Waals surface area contributed by atoms with Gasteiger partial charge in [0.2, 0.25) is 0 Å². The molecule has 0 spiro atoms. The van der Waals surface area contributed by atoms with Crippen molar-refractivity contribution in [2.45, 2.75) is 6.61 Å². The normalized spacial score (nSPS) is 11.0. The fourth-order valence-electron chi connectivity index (χ4n) is 3.24. The number of fused-ring (bicyclic) bond motifs is 3. The molecule has 0 saturated carbocycles. The van der Waals surface area contributed by atoms with Gasteiger partial charge in [-0.25, -0.2) is 4.79 Å². The summed E-state index contributed by atoms with van der Waals surface area (Å²) >= 11 is 12.1. The van der Waals surface area contributed by atoms with E-state index in [0.29, 0.717) is 0 Å². The van der Waals surface area contributed by atoms with Crippen molar-refractivity contribution in [1.29, 1.82) is 0 Å². The lowest BCUT2D eigenvalue weighted by Gasteiger charge is -2.11. The van der Waals surface area contributed by atoms with Gasteiger partial charge in [0.25, 0.3) is 11.8 Å². The molecule has 0 unspecified atom stereocenters. The number of benzene rings is 2. The number of hydroxylamine groups is 1. The molecule has 2 aromatic carbocycles. The standard InChI is InChI=1S/C21H11Cl2F2N3O7/c22-11-6-26-7-12(23)16(11)27-19(30)9-2-4-14(34-20(24)25)17-15(9)10-5-8(1-3-13(10)33-17)18(29)28-35-21(31)32/h1-7,20H,(H,28,29)(H,31,32)(H,26,27,30). The minimum atomic E-state index is -3.19. The molecule has 2 aromatic heterocycles. The van der Waals surface area contributed by atoms with Crippen LogP contribution in [-0.4, -0.2) is 34.7 Å². The molecule has 0 bridgehead atoms. The molecule has 10 nitrogen and oxygen atoms in total. The highest BCUT2D eigenvalue weighted by Gasteiger charge is 2.23. The number of furan rings is 1. The van der Waals surface area contributed by atoms with E-state index in [9.17, 15) is 23.2 Å². The molecule has 0 saturated heterocycles. The number of carbonyl (C=O) groups is 3. The van der Waals surface area contributed by atoms with Gasteiger partial charge >= 0.3 is 12.8 Å². The molecule has 3 N–H and O–H groups in total. The maximum atomic E-state index is 13.2. The van der Waals surface area contributed by atoms with E-state index >= 15 is 0 Å². The number of nitrogens with one attached hydrogen (secondary N) is 2. The van der Waals surface area contributed by atoms with Crippen LogP contribution in [0.15, 0.2) is 47.1 Å². The molecule has 0 aliphatic heterocycles. The molecule has 2 amide bonds. The molecular formula is C21H11Cl2F2N3O7. The minimum absolute atomic E-state index is 0.0331. The zero-order chi connectivity index (χ0) is 25.3. The van der Waals surface area contributed by atoms with Crippen molar-refractivity contribution in [3.05, 3.63) is 63.9 Å². The fraction of sp³-hybridized carbons (Fsp3) is 0.0476. The SMILES string of the molecule is O=C(O)ONC(=O)c1ccc2oc3c(OC(F)F)ccc(C(=O)Nc4c(Cl)cncc4Cl)c3c2c1. The number of pyridine rings is 1. The van der Waals surface area contributed by atoms with Crippen LogP contribution >= 0.6 is 23.2 Å². The van der Waals surface area contributed by atoms with Gasteiger partial charge in [0.05, 0.1) is 21.3 Å². The van der Waals surface area contributed by atoms with Crippen LogP contribution in [0.5, 0.6) is 5.75 Å². The van der Waals surface area contributed by atoms with Crippen LogP contribution in [0.4, 0.5) is 19.3 Å². The van der Waals surface area contributed by atoms with Gasteiger partial charge in [-0.1, -0.05) is 23.2 Å². The van der Waals surface area contributed by atoms with Gasteiger partial charge in [-0.15, -0.1) is 0 Å². The van der Waals surface area contributed by atoms with Gasteiger partial charge < -0.3 is 24.4 Å². The van der Waals surface area contributed by atoms with Crippen molar-refractivity contribution in [3.8, 4) is 5.75 Å². The van der Waals surface area contributed by atoms with E-state index in [-0.39, 0.29) is 54.5 Å². The Hall–Kier alpha value is -4.16. The van der Waals surface area contributed by atoms with Crippen molar-refractivity contribution in [3.63, 3.8) is 0 Å². The van der Waals surface area contributed by atoms with Crippen LogP contribution in [-0.2, 0) is 4.84 Å². The molecule has 0 fully saturated rings. The zero-order valence-electron chi connectivity index (χ0n) is 17.0. The Morgan fingerprint density at radius 3 is 2.43 bits per heavy atom. The van der Waals surface area contributed by atoms with Crippen LogP contribution in [0.25, 0.3) is 21.9 Å². The smallest absolute Gasteiger partial charge is 0.452 e. The minimum Gasteiger partial charge on any atom is -0.452 e. The highest BCUT2D eigenvalue weighted by Crippen LogP contribution is 2.39. The maximum absolute atomic E-state index is 13.2. The number of nitrogens with zero attached hydrogens (tertiary/aromatic N) is 1. The lowest BCUT2D eigenvalue weighted by atomic mass is 10.0. The van der Waals surface area contributed by atoms with Crippen molar-refractivity contribution >= 4 is 68.8 Å². The van der Waals surface area contributed by atoms with Crippen LogP contribution < -0.4 is 15.5 Å². The molecule has 0 aliphatic rings. The van der Waals surface area contributed by atoms with Gasteiger partial charge in [-0.2, -0.15) is 14.3 Å². The first-order valence-corrected chi connectivity index (χ1v) is 10.2. The third kappa shape index (κ3) is 4.88. The highest BCUT2D eigenvalue weighted by molar-refractivity contribution is 6.40. The van der Waals surface area contributed by atoms with Crippen LogP contribution in [0.1, 0.15) is 20.7 Å². The Balaban J connectivity index is 1.87. The Kier molecular flexibility index (Phi) is 6.58. The number of aromatic nitrogens is 1. The molecular weight excluding hydrogens is 515 g/mol. The first kappa shape index (κ1) is 24.0. The first-order valence-electron chi connectivity index (χ1n) is 9.40. The lowest BCUT2D eigenvalue weighted by Crippen LogP contribution is -2.26. The predicted octanol–water partition coefficient (Wildman–Crippen LogP) is 5.48. The second-order valence-electron chi connectivity index (χ2n) is 6.74. The summed E-state index contributed by atoms with van der Waals surface area (Å²) in [5, 5.41) is 11.4. The zero-order valence-corrected chi connectivity index (χ0v) is 18.5. The van der Waals surface area contributed by atoms with E-state index in [1.807, 2.05) is 0 Å². The van der Waals surface area contributed by atoms with Gasteiger partial charge in [0, 0.05) is 28.7 Å². The number of anilines is 1. The average molecular weight is 526 g/mol. The van der Waals surface area contributed by atoms with Crippen molar-refractivity contribution in [2.24, 2.45) is 0 Å². The quantitative estimate of drug-likeness (QED) is 0.291. The van der Waals surface area contributed by atoms with E-state index in [1.54, 1.807) is 5.48 Å². The monoisotopic (exact) mass is 525 g/mol. The third-order valence-corrected chi connectivity index (χ3v) is 5.20. The summed E-state index contributed by atoms with van der Waals surface area (Å²) in [6.45, 7) is -3.19. The second kappa shape index (κ2) is 9.60. The number of carboxylic acid groups (broad SMARTS) is 1. The molecule has 2 heterocycles. The molecule has 0 aliphatic carbocycles. The largest absolute Gasteiger partial charge is 0.530 e. The third-order valence-electron chi connectivity index (χ3n) is 4.63. The number of alkyl halides is 2. The molecule has 0 atom stereocenters. The van der Waals surface area contributed by atoms with Crippen molar-refractivity contribution in [2.75, 3.05) is 5.32 Å². The summed E-state index contributed by atoms with van der Waals surface area (Å²) in [6.07, 6.45) is 0.778. The van der Waals surface area contributed by atoms with Crippen molar-refractivity contribution in [1.82, 2.24) is 10.5 Å². The van der Waals surface area contributed by atoms with E-state index < -0.39 is 24.6 Å². The summed E-state index contributed by atoms with van der Waals surface area (Å²) in [5.74, 6) is -2.02. The first-order chi connectivity index (χ1) is 16.7. The second-order valence-corrected chi connectivity index (χ2v) is 7.55. The van der Waals surface area contributed by atoms with Crippen molar-refractivity contribution < 1.29 is 42.3 Å². The Morgan fingerprint density at radius 2 is 1.77 bits per heavy atom. The number of halogens is 4. The van der Waals surface area contributed by atoms with Crippen LogP contribution in [0.2, 0.25) is 10.0 Å². The Bertz CT molecular complexity index is 1470. The predicted molar refractivity (Wildman–Crippen MR) is 119 cm³/mol. The highest BCUT2D eigenvalue weighted by atomic mass is 35.5. The van der Waals surface area contributed by atoms with E-state index in [4.69, 9.17) is 32.7 Å². The molecule has 180 valence electrons. The Morgan fingerprint density at radius 1 is 1.06 bits per heavy atom. The summed E-state index contributed by atoms with van der Waals surface area (Å²) in [7, 11) is 0. The fourth-order valence-corrected chi connectivity index (χ4v) is 3.70. The van der Waals surface area contributed by atoms with E-state index in [0.717, 1.165) is 6.07 Å².